The summed E-state index contributed by atoms with van der Waals surface area (Å²) in [5.41, 5.74) is 7.54. The molecule has 1 saturated carbocycles. The zero-order chi connectivity index (χ0) is 45.7. The topological polar surface area (TPSA) is 165 Å². The summed E-state index contributed by atoms with van der Waals surface area (Å²) in [6.07, 6.45) is 32.3. The van der Waals surface area contributed by atoms with E-state index >= 15 is 0 Å². The Morgan fingerprint density at radius 2 is 0.912 bits per heavy atom. The van der Waals surface area contributed by atoms with E-state index in [4.69, 9.17) is 0 Å². The van der Waals surface area contributed by atoms with E-state index in [1.54, 1.807) is 4.57 Å². The molecule has 0 unspecified atom stereocenters. The van der Waals surface area contributed by atoms with E-state index in [0.29, 0.717) is 22.6 Å². The molecule has 0 bridgehead atoms. The van der Waals surface area contributed by atoms with Crippen molar-refractivity contribution in [3.8, 4) is 0 Å². The van der Waals surface area contributed by atoms with Crippen LogP contribution in [0.3, 0.4) is 0 Å². The van der Waals surface area contributed by atoms with Gasteiger partial charge in [-0.05, 0) is 24.3 Å². The first-order valence-electron chi connectivity index (χ1n) is 22.0. The van der Waals surface area contributed by atoms with Crippen LogP contribution in [0.1, 0.15) is 88.1 Å². The van der Waals surface area contributed by atoms with E-state index in [1.165, 1.54) is 37.7 Å². The molecule has 0 radical (unpaired) electrons. The van der Waals surface area contributed by atoms with Gasteiger partial charge in [0.1, 0.15) is 74.4 Å². The fraction of sp³-hybridized carbons (Fsp3) is 0.375. The van der Waals surface area contributed by atoms with Crippen molar-refractivity contribution in [2.24, 2.45) is 34.1 Å². The minimum atomic E-state index is -0.0593. The molecular weight excluding hydrogens is 1130 g/mol. The number of H-pyrrole nitrogens is 4. The molecule has 1 fully saturated rings. The van der Waals surface area contributed by atoms with Gasteiger partial charge >= 0.3 is 44.8 Å². The molecule has 68 heavy (non-hydrogen) atoms. The molecule has 366 valence electrons. The molecule has 0 amide bonds. The molecule has 1 aromatic carbocycles. The lowest BCUT2D eigenvalue weighted by atomic mass is 9.86. The van der Waals surface area contributed by atoms with Crippen molar-refractivity contribution < 1.29 is 86.2 Å². The lowest BCUT2D eigenvalue weighted by Crippen LogP contribution is -3.00. The summed E-state index contributed by atoms with van der Waals surface area (Å²) >= 11 is 0. The van der Waals surface area contributed by atoms with E-state index in [-0.39, 0.29) is 95.6 Å². The lowest BCUT2D eigenvalue weighted by molar-refractivity contribution is -0.645. The number of aryl methyl sites for hydroxylation is 5. The fourth-order valence-corrected chi connectivity index (χ4v) is 8.33. The van der Waals surface area contributed by atoms with Gasteiger partial charge in [0.15, 0.2) is 0 Å². The third-order valence-corrected chi connectivity index (χ3v) is 11.8. The molecule has 0 spiro atoms. The predicted molar refractivity (Wildman–Crippen MR) is 244 cm³/mol. The molecule has 0 aliphatic heterocycles. The molecule has 1 aliphatic carbocycles. The second kappa shape index (κ2) is 24.9. The Morgan fingerprint density at radius 1 is 0.529 bits per heavy atom. The van der Waals surface area contributed by atoms with Gasteiger partial charge in [0.25, 0.3) is 0 Å². The normalized spacial score (nSPS) is 12.3. The second-order valence-corrected chi connectivity index (χ2v) is 17.9. The van der Waals surface area contributed by atoms with Gasteiger partial charge in [-0.15, -0.1) is 0 Å². The number of rotatable bonds is 5. The Kier molecular flexibility index (Phi) is 20.9. The van der Waals surface area contributed by atoms with Gasteiger partial charge in [-0.25, -0.2) is 18.3 Å². The zero-order valence-corrected chi connectivity index (χ0v) is 46.1. The van der Waals surface area contributed by atoms with Crippen molar-refractivity contribution in [3.63, 3.8) is 0 Å². The highest BCUT2D eigenvalue weighted by Crippen LogP contribution is 2.26. The van der Waals surface area contributed by atoms with Crippen LogP contribution in [0.5, 0.6) is 0 Å². The number of hydrogen-bond donors (Lipinski definition) is 4. The summed E-state index contributed by atoms with van der Waals surface area (Å²) in [6.45, 7) is 8.25. The van der Waals surface area contributed by atoms with Gasteiger partial charge in [-0.2, -0.15) is 17.6 Å². The molecule has 8 heterocycles. The van der Waals surface area contributed by atoms with E-state index in [9.17, 15) is 19.2 Å². The number of halogens is 4. The summed E-state index contributed by atoms with van der Waals surface area (Å²) in [6, 6.07) is 10.1. The number of aromatic amines is 4. The molecule has 20 heteroatoms. The molecular formula is C48H62Br4N12O4. The van der Waals surface area contributed by atoms with Crippen molar-refractivity contribution in [2.45, 2.75) is 84.5 Å². The maximum absolute atomic E-state index is 12.0. The average Bonchev–Trinajstić information content (AvgIpc) is 4.04. The molecule has 8 aromatic heterocycles. The highest BCUT2D eigenvalue weighted by atomic mass is 79.9. The average molecular weight is 1190 g/mol. The Balaban J connectivity index is 0.000000237. The minimum Gasteiger partial charge on any atom is -1.00 e. The Bertz CT molecular complexity index is 3290. The van der Waals surface area contributed by atoms with E-state index in [0.717, 1.165) is 48.0 Å². The maximum Gasteiger partial charge on any atom is 0.352 e. The van der Waals surface area contributed by atoms with Crippen molar-refractivity contribution in [2.75, 3.05) is 0 Å². The largest absolute Gasteiger partial charge is 1.00 e. The highest BCUT2D eigenvalue weighted by Gasteiger charge is 2.21. The maximum atomic E-state index is 12.0. The second-order valence-electron chi connectivity index (χ2n) is 17.9. The number of nitrogens with zero attached hydrogens (tertiary/aromatic N) is 8. The monoisotopic (exact) mass is 1190 g/mol. The summed E-state index contributed by atoms with van der Waals surface area (Å²) in [5.74, 6) is 0.746. The third-order valence-electron chi connectivity index (χ3n) is 11.8. The molecule has 4 N–H and O–H groups in total. The Morgan fingerprint density at radius 3 is 1.35 bits per heavy atom. The quantitative estimate of drug-likeness (QED) is 0.126. The first-order chi connectivity index (χ1) is 30.6. The number of aromatic nitrogens is 12. The Labute approximate surface area is 436 Å². The number of hydrogen-bond acceptors (Lipinski definition) is 4. The predicted octanol–water partition coefficient (Wildman–Crippen LogP) is -8.60. The van der Waals surface area contributed by atoms with Crippen molar-refractivity contribution >= 4 is 22.6 Å². The highest BCUT2D eigenvalue weighted by molar-refractivity contribution is 5.32. The summed E-state index contributed by atoms with van der Waals surface area (Å²) in [7, 11) is 7.48. The first kappa shape index (κ1) is 57.1. The van der Waals surface area contributed by atoms with Gasteiger partial charge in [0.05, 0.1) is 51.0 Å². The number of benzene rings is 1. The van der Waals surface area contributed by atoms with Gasteiger partial charge in [-0.1, -0.05) is 90.1 Å². The van der Waals surface area contributed by atoms with Crippen LogP contribution in [0.4, 0.5) is 0 Å². The number of nitrogens with one attached hydrogen (secondary N) is 4. The van der Waals surface area contributed by atoms with Crippen LogP contribution in [0.15, 0.2) is 124 Å². The van der Waals surface area contributed by atoms with Gasteiger partial charge in [0.2, 0.25) is 0 Å². The van der Waals surface area contributed by atoms with Crippen LogP contribution in [0.2, 0.25) is 0 Å². The lowest BCUT2D eigenvalue weighted by Gasteiger charge is -2.20. The summed E-state index contributed by atoms with van der Waals surface area (Å²) in [5, 5.41) is 0. The fourth-order valence-electron chi connectivity index (χ4n) is 8.33. The van der Waals surface area contributed by atoms with Crippen LogP contribution < -0.4 is 108 Å². The SMILES string of the molecule is CCc1cn2cc[n+](C)c2c(=O)[nH]1.C[n+]1ccn2cc(C(C)(C)C)[nH]c(=O)c21.C[n+]1ccn2cc(CC3CCCCC3)[nH]c(=O)c21.C[n+]1ccn2cc(Cc3ccccc3)[nH]c(=O)c21.[Br-].[Br-].[Br-].[Br-]. The molecule has 9 aromatic rings. The van der Waals surface area contributed by atoms with Crippen molar-refractivity contribution in [1.82, 2.24) is 37.5 Å². The first-order valence-corrected chi connectivity index (χ1v) is 22.0. The van der Waals surface area contributed by atoms with Crippen molar-refractivity contribution in [1.29, 1.82) is 0 Å². The van der Waals surface area contributed by atoms with Gasteiger partial charge < -0.3 is 87.9 Å². The summed E-state index contributed by atoms with van der Waals surface area (Å²) in [4.78, 5) is 59.1. The number of fused-ring (bicyclic) bond motifs is 4. The molecule has 0 atom stereocenters. The molecule has 16 nitrogen and oxygen atoms in total. The van der Waals surface area contributed by atoms with Crippen LogP contribution >= 0.6 is 0 Å². The summed E-state index contributed by atoms with van der Waals surface area (Å²) < 4.78 is 14.8. The van der Waals surface area contributed by atoms with E-state index < -0.39 is 0 Å². The number of imidazole rings is 4. The molecule has 10 rings (SSSR count). The van der Waals surface area contributed by atoms with Gasteiger partial charge in [0, 0.05) is 11.8 Å². The van der Waals surface area contributed by atoms with Crippen LogP contribution in [-0.2, 0) is 52.9 Å². The van der Waals surface area contributed by atoms with Crippen LogP contribution in [-0.4, -0.2) is 37.5 Å². The smallest absolute Gasteiger partial charge is 0.352 e. The molecule has 0 saturated heterocycles. The minimum absolute atomic E-state index is 0. The zero-order valence-electron chi connectivity index (χ0n) is 39.8. The standard InChI is InChI=1S/C14H19N3O.C14H13N3O.C11H15N3O.C9H11N3O.4BrH/c2*1-16-7-8-17-10-12(15-13(18)14(16)17)9-11-5-3-2-4-6-11;1-11(2,3)8-7-14-6-5-13(4)10(14)9(15)12-8;1-3-7-6-12-5-4-11(2)9(12)8(13)10-7;;;;/h7-8,10-11H,2-6,9H2,1H3;2-8,10H,9H2,1H3;5-7H,1-4H3;4-6H,3H2,1-2H3;4*1H. The molecule has 1 aliphatic rings. The van der Waals surface area contributed by atoms with Crippen LogP contribution in [0.25, 0.3) is 22.6 Å². The van der Waals surface area contributed by atoms with Crippen LogP contribution in [0, 0.1) is 5.92 Å². The van der Waals surface area contributed by atoms with Crippen molar-refractivity contribution in [3.05, 3.63) is 174 Å². The van der Waals surface area contributed by atoms with E-state index in [1.807, 2.05) is 153 Å². The Hall–Kier alpha value is -5.18. The van der Waals surface area contributed by atoms with E-state index in [2.05, 4.69) is 59.0 Å². The third kappa shape index (κ3) is 13.5. The van der Waals surface area contributed by atoms with Gasteiger partial charge in [-0.3, -0.25) is 19.2 Å².